The number of aromatic nitrogens is 3. The van der Waals surface area contributed by atoms with Crippen LogP contribution in [0.3, 0.4) is 0 Å². The van der Waals surface area contributed by atoms with E-state index in [0.717, 1.165) is 16.8 Å². The highest BCUT2D eigenvalue weighted by Gasteiger charge is 2.20. The highest BCUT2D eigenvalue weighted by Crippen LogP contribution is 2.32. The van der Waals surface area contributed by atoms with Gasteiger partial charge in [-0.1, -0.05) is 23.7 Å². The van der Waals surface area contributed by atoms with E-state index < -0.39 is 5.63 Å². The maximum atomic E-state index is 12.3. The smallest absolute Gasteiger partial charge is 0.349 e. The van der Waals surface area contributed by atoms with Gasteiger partial charge in [0.2, 0.25) is 0 Å². The summed E-state index contributed by atoms with van der Waals surface area (Å²) < 4.78 is 6.68. The lowest BCUT2D eigenvalue weighted by Crippen LogP contribution is -2.08. The normalized spacial score (nSPS) is 11.2. The molecule has 0 aliphatic carbocycles. The van der Waals surface area contributed by atoms with Crippen molar-refractivity contribution in [3.63, 3.8) is 0 Å². The molecule has 130 valence electrons. The Bertz CT molecular complexity index is 1190. The molecule has 0 fully saturated rings. The molecule has 0 radical (unpaired) electrons. The number of benzene rings is 1. The van der Waals surface area contributed by atoms with Gasteiger partial charge >= 0.3 is 5.63 Å². The number of hydrogen-bond donors (Lipinski definition) is 1. The first kappa shape index (κ1) is 16.4. The maximum absolute atomic E-state index is 12.3. The molecule has 0 aliphatic heterocycles. The second-order valence-corrected chi connectivity index (χ2v) is 6.37. The van der Waals surface area contributed by atoms with Crippen molar-refractivity contribution in [1.29, 1.82) is 0 Å². The minimum atomic E-state index is -0.629. The maximum Gasteiger partial charge on any atom is 0.349 e. The van der Waals surface area contributed by atoms with Crippen LogP contribution in [0.4, 0.5) is 0 Å². The van der Waals surface area contributed by atoms with Crippen LogP contribution in [0.5, 0.6) is 5.75 Å². The summed E-state index contributed by atoms with van der Waals surface area (Å²) in [5.41, 5.74) is 2.88. The van der Waals surface area contributed by atoms with E-state index in [0.29, 0.717) is 22.1 Å². The summed E-state index contributed by atoms with van der Waals surface area (Å²) in [5.74, 6) is 0.174. The number of fused-ring (bicyclic) bond motifs is 1. The Morgan fingerprint density at radius 1 is 1.12 bits per heavy atom. The third-order valence-electron chi connectivity index (χ3n) is 4.14. The minimum Gasteiger partial charge on any atom is -0.507 e. The molecular weight excluding hydrogens is 354 g/mol. The van der Waals surface area contributed by atoms with Gasteiger partial charge in [0.05, 0.1) is 11.4 Å². The van der Waals surface area contributed by atoms with Gasteiger partial charge < -0.3 is 9.52 Å². The Morgan fingerprint density at radius 3 is 2.54 bits per heavy atom. The lowest BCUT2D eigenvalue weighted by atomic mass is 10.1. The van der Waals surface area contributed by atoms with E-state index in [4.69, 9.17) is 16.0 Å². The van der Waals surface area contributed by atoms with E-state index in [1.54, 1.807) is 35.8 Å². The summed E-state index contributed by atoms with van der Waals surface area (Å²) in [5, 5.41) is 15.4. The number of aromatic hydroxyl groups is 1. The molecule has 0 saturated carbocycles. The van der Waals surface area contributed by atoms with Crippen LogP contribution in [0.1, 0.15) is 11.5 Å². The van der Waals surface area contributed by atoms with E-state index in [-0.39, 0.29) is 11.3 Å². The van der Waals surface area contributed by atoms with Crippen LogP contribution in [0.2, 0.25) is 5.02 Å². The molecule has 7 heteroatoms. The van der Waals surface area contributed by atoms with Crippen molar-refractivity contribution < 1.29 is 9.52 Å². The van der Waals surface area contributed by atoms with Crippen molar-refractivity contribution >= 4 is 17.2 Å². The highest BCUT2D eigenvalue weighted by atomic mass is 35.5. The molecule has 0 amide bonds. The molecule has 0 saturated heterocycles. The summed E-state index contributed by atoms with van der Waals surface area (Å²) in [6.07, 6.45) is 1.57. The van der Waals surface area contributed by atoms with E-state index in [1.807, 2.05) is 19.1 Å². The Hall–Kier alpha value is -3.12. The van der Waals surface area contributed by atoms with Gasteiger partial charge in [-0.2, -0.15) is 5.10 Å². The van der Waals surface area contributed by atoms with E-state index >= 15 is 0 Å². The van der Waals surface area contributed by atoms with Gasteiger partial charge in [-0.25, -0.2) is 14.3 Å². The summed E-state index contributed by atoms with van der Waals surface area (Å²) >= 11 is 5.97. The molecular formula is C19H14ClN3O3. The monoisotopic (exact) mass is 367 g/mol. The van der Waals surface area contributed by atoms with Crippen LogP contribution in [0, 0.1) is 13.8 Å². The summed E-state index contributed by atoms with van der Waals surface area (Å²) in [6.45, 7) is 3.46. The third kappa shape index (κ3) is 2.55. The van der Waals surface area contributed by atoms with Gasteiger partial charge in [0.1, 0.15) is 17.1 Å². The zero-order valence-electron chi connectivity index (χ0n) is 14.0. The molecule has 3 heterocycles. The molecule has 4 aromatic rings. The minimum absolute atomic E-state index is 0.0492. The molecule has 0 bridgehead atoms. The summed E-state index contributed by atoms with van der Waals surface area (Å²) in [4.78, 5) is 16.7. The first-order valence-electron chi connectivity index (χ1n) is 7.90. The van der Waals surface area contributed by atoms with Crippen molar-refractivity contribution in [2.45, 2.75) is 13.8 Å². The predicted octanol–water partition coefficient (Wildman–Crippen LogP) is 3.99. The molecule has 1 aromatic carbocycles. The Kier molecular flexibility index (Phi) is 3.77. The number of nitrogens with zero attached hydrogens (tertiary/aromatic N) is 3. The Balaban J connectivity index is 2.02. The molecule has 0 aliphatic rings. The van der Waals surface area contributed by atoms with Crippen molar-refractivity contribution in [1.82, 2.24) is 14.6 Å². The van der Waals surface area contributed by atoms with Gasteiger partial charge in [-0.05, 0) is 37.6 Å². The van der Waals surface area contributed by atoms with Crippen molar-refractivity contribution in [2.24, 2.45) is 0 Å². The van der Waals surface area contributed by atoms with Crippen LogP contribution in [0.25, 0.3) is 28.0 Å². The SMILES string of the molecule is Cc1cc(O)c(-c2ccnc3c(-c4ccc(Cl)cc4)c(C)nn23)c(=O)o1. The van der Waals surface area contributed by atoms with Crippen LogP contribution in [-0.4, -0.2) is 19.7 Å². The fourth-order valence-corrected chi connectivity index (χ4v) is 3.15. The van der Waals surface area contributed by atoms with Crippen LogP contribution in [0.15, 0.2) is 51.8 Å². The zero-order chi connectivity index (χ0) is 18.4. The van der Waals surface area contributed by atoms with E-state index in [1.165, 1.54) is 6.07 Å². The lowest BCUT2D eigenvalue weighted by Gasteiger charge is -2.06. The molecule has 0 spiro atoms. The van der Waals surface area contributed by atoms with Gasteiger partial charge in [-0.15, -0.1) is 0 Å². The number of hydrogen-bond acceptors (Lipinski definition) is 5. The second kappa shape index (κ2) is 6.00. The molecule has 3 aromatic heterocycles. The van der Waals surface area contributed by atoms with Gasteiger partial charge in [-0.3, -0.25) is 0 Å². The lowest BCUT2D eigenvalue weighted by molar-refractivity contribution is 0.437. The topological polar surface area (TPSA) is 80.6 Å². The Morgan fingerprint density at radius 2 is 1.85 bits per heavy atom. The second-order valence-electron chi connectivity index (χ2n) is 5.94. The van der Waals surface area contributed by atoms with Crippen LogP contribution < -0.4 is 5.63 Å². The van der Waals surface area contributed by atoms with Gasteiger partial charge in [0.15, 0.2) is 5.65 Å². The quantitative estimate of drug-likeness (QED) is 0.579. The van der Waals surface area contributed by atoms with Gasteiger partial charge in [0, 0.05) is 22.8 Å². The molecule has 6 nitrogen and oxygen atoms in total. The van der Waals surface area contributed by atoms with Crippen LogP contribution >= 0.6 is 11.6 Å². The summed E-state index contributed by atoms with van der Waals surface area (Å²) in [7, 11) is 0. The first-order valence-corrected chi connectivity index (χ1v) is 8.28. The average Bonchev–Trinajstić information content (AvgIpc) is 2.91. The largest absolute Gasteiger partial charge is 0.507 e. The van der Waals surface area contributed by atoms with Gasteiger partial charge in [0.25, 0.3) is 0 Å². The molecule has 0 atom stereocenters. The Labute approximate surface area is 153 Å². The molecule has 4 rings (SSSR count). The molecule has 1 N–H and O–H groups in total. The zero-order valence-corrected chi connectivity index (χ0v) is 14.8. The number of aryl methyl sites for hydroxylation is 2. The van der Waals surface area contributed by atoms with Crippen molar-refractivity contribution in [3.05, 3.63) is 69.5 Å². The van der Waals surface area contributed by atoms with Crippen molar-refractivity contribution in [2.75, 3.05) is 0 Å². The van der Waals surface area contributed by atoms with E-state index in [2.05, 4.69) is 10.1 Å². The van der Waals surface area contributed by atoms with Crippen molar-refractivity contribution in [3.8, 4) is 28.1 Å². The first-order chi connectivity index (χ1) is 12.5. The standard InChI is InChI=1S/C19H14ClN3O3/c1-10-9-15(24)17(19(25)26-10)14-7-8-21-18-16(11(2)22-23(14)18)12-3-5-13(20)6-4-12/h3-9,24H,1-2H3. The highest BCUT2D eigenvalue weighted by molar-refractivity contribution is 6.30. The third-order valence-corrected chi connectivity index (χ3v) is 4.39. The van der Waals surface area contributed by atoms with Crippen LogP contribution in [-0.2, 0) is 0 Å². The summed E-state index contributed by atoms with van der Waals surface area (Å²) in [6, 6.07) is 10.4. The van der Waals surface area contributed by atoms with E-state index in [9.17, 15) is 9.90 Å². The molecule has 26 heavy (non-hydrogen) atoms. The fourth-order valence-electron chi connectivity index (χ4n) is 3.03. The number of halogens is 1. The fraction of sp³-hybridized carbons (Fsp3) is 0.105. The predicted molar refractivity (Wildman–Crippen MR) is 98.5 cm³/mol. The molecule has 0 unspecified atom stereocenters. The average molecular weight is 368 g/mol. The number of rotatable bonds is 2.